The van der Waals surface area contributed by atoms with Crippen molar-refractivity contribution in [2.45, 2.75) is 50.0 Å². The summed E-state index contributed by atoms with van der Waals surface area (Å²) >= 11 is 5.98. The fraction of sp³-hybridized carbons (Fsp3) is 0.435. The van der Waals surface area contributed by atoms with Gasteiger partial charge in [-0.15, -0.1) is 0 Å². The minimum atomic E-state index is -4.07. The van der Waals surface area contributed by atoms with Crippen molar-refractivity contribution in [3.8, 4) is 5.75 Å². The molecule has 8 nitrogen and oxygen atoms in total. The van der Waals surface area contributed by atoms with Crippen molar-refractivity contribution in [1.82, 2.24) is 9.62 Å². The van der Waals surface area contributed by atoms with E-state index >= 15 is 0 Å². The van der Waals surface area contributed by atoms with Crippen LogP contribution in [0.4, 0.5) is 0 Å². The number of carboxylic acid groups (broad SMARTS) is 1. The standard InChI is InChI=1S/C23H29ClN2O6S/c1-3-11-25-13-20-14-26(22(23(27)28)16(2)32-20)33(29,30)21-9-7-19(8-10-21)31-15-17-5-4-6-18(24)12-17/h4-10,12,16,20,22,25H,3,11,13-15H2,1-2H3,(H,27,28)/t16-,20-,22+/m0/s1. The predicted octanol–water partition coefficient (Wildman–Crippen LogP) is 3.15. The summed E-state index contributed by atoms with van der Waals surface area (Å²) < 4.78 is 39.3. The largest absolute Gasteiger partial charge is 0.489 e. The second kappa shape index (κ2) is 11.3. The normalized spacial score (nSPS) is 21.6. The number of hydrogen-bond acceptors (Lipinski definition) is 6. The predicted molar refractivity (Wildman–Crippen MR) is 125 cm³/mol. The van der Waals surface area contributed by atoms with Gasteiger partial charge < -0.3 is 19.9 Å². The quantitative estimate of drug-likeness (QED) is 0.487. The molecule has 1 aliphatic rings. The first-order valence-electron chi connectivity index (χ1n) is 10.8. The van der Waals surface area contributed by atoms with Crippen LogP contribution in [0.5, 0.6) is 5.75 Å². The summed E-state index contributed by atoms with van der Waals surface area (Å²) in [6.07, 6.45) is -0.315. The van der Waals surface area contributed by atoms with E-state index in [1.54, 1.807) is 31.2 Å². The maximum Gasteiger partial charge on any atom is 0.324 e. The molecule has 33 heavy (non-hydrogen) atoms. The van der Waals surface area contributed by atoms with E-state index in [0.29, 0.717) is 17.3 Å². The van der Waals surface area contributed by atoms with Crippen LogP contribution in [0.1, 0.15) is 25.8 Å². The molecule has 0 amide bonds. The molecule has 1 aliphatic heterocycles. The van der Waals surface area contributed by atoms with Crippen molar-refractivity contribution in [3.05, 3.63) is 59.1 Å². The maximum atomic E-state index is 13.4. The number of nitrogens with zero attached hydrogens (tertiary/aromatic N) is 1. The molecule has 1 heterocycles. The summed E-state index contributed by atoms with van der Waals surface area (Å²) in [4.78, 5) is 11.9. The van der Waals surface area contributed by atoms with Gasteiger partial charge in [-0.2, -0.15) is 4.31 Å². The van der Waals surface area contributed by atoms with Crippen LogP contribution in [0, 0.1) is 0 Å². The number of rotatable bonds is 10. The monoisotopic (exact) mass is 496 g/mol. The van der Waals surface area contributed by atoms with Gasteiger partial charge in [0.25, 0.3) is 0 Å². The maximum absolute atomic E-state index is 13.4. The molecule has 0 spiro atoms. The summed E-state index contributed by atoms with van der Waals surface area (Å²) in [5.41, 5.74) is 0.883. The van der Waals surface area contributed by atoms with Crippen LogP contribution in [0.2, 0.25) is 5.02 Å². The molecular weight excluding hydrogens is 468 g/mol. The number of halogens is 1. The number of sulfonamides is 1. The number of nitrogens with one attached hydrogen (secondary N) is 1. The number of ether oxygens (including phenoxy) is 2. The molecule has 0 radical (unpaired) electrons. The van der Waals surface area contributed by atoms with Crippen LogP contribution in [0.3, 0.4) is 0 Å². The molecule has 3 atom stereocenters. The number of aliphatic carboxylic acids is 1. The average Bonchev–Trinajstić information content (AvgIpc) is 2.77. The van der Waals surface area contributed by atoms with Gasteiger partial charge in [0, 0.05) is 18.1 Å². The van der Waals surface area contributed by atoms with E-state index in [1.165, 1.54) is 12.1 Å². The molecule has 0 aromatic heterocycles. The molecule has 2 aromatic rings. The molecule has 180 valence electrons. The molecule has 1 fully saturated rings. The number of carbonyl (C=O) groups is 1. The van der Waals surface area contributed by atoms with Crippen LogP contribution in [-0.4, -0.2) is 61.7 Å². The van der Waals surface area contributed by atoms with Crippen molar-refractivity contribution >= 4 is 27.6 Å². The van der Waals surface area contributed by atoms with E-state index < -0.39 is 34.2 Å². The SMILES string of the molecule is CCCNC[C@H]1CN(S(=O)(=O)c2ccc(OCc3cccc(Cl)c3)cc2)[C@@H](C(=O)O)[C@H](C)O1. The zero-order valence-corrected chi connectivity index (χ0v) is 20.2. The fourth-order valence-corrected chi connectivity index (χ4v) is 5.62. The van der Waals surface area contributed by atoms with Crippen LogP contribution >= 0.6 is 11.6 Å². The minimum absolute atomic E-state index is 0.00165. The van der Waals surface area contributed by atoms with Gasteiger partial charge >= 0.3 is 5.97 Å². The van der Waals surface area contributed by atoms with Crippen LogP contribution < -0.4 is 10.1 Å². The Hall–Kier alpha value is -2.17. The van der Waals surface area contributed by atoms with Crippen LogP contribution in [0.15, 0.2) is 53.4 Å². The van der Waals surface area contributed by atoms with Crippen molar-refractivity contribution in [2.75, 3.05) is 19.6 Å². The van der Waals surface area contributed by atoms with E-state index in [-0.39, 0.29) is 18.0 Å². The third-order valence-electron chi connectivity index (χ3n) is 5.32. The molecule has 2 aromatic carbocycles. The summed E-state index contributed by atoms with van der Waals surface area (Å²) in [5.74, 6) is -0.756. The second-order valence-electron chi connectivity index (χ2n) is 7.92. The van der Waals surface area contributed by atoms with E-state index in [9.17, 15) is 18.3 Å². The second-order valence-corrected chi connectivity index (χ2v) is 10.2. The highest BCUT2D eigenvalue weighted by molar-refractivity contribution is 7.89. The Balaban J connectivity index is 1.75. The van der Waals surface area contributed by atoms with E-state index in [1.807, 2.05) is 19.1 Å². The first-order chi connectivity index (χ1) is 15.7. The lowest BCUT2D eigenvalue weighted by atomic mass is 10.1. The summed E-state index contributed by atoms with van der Waals surface area (Å²) in [5, 5.41) is 13.5. The van der Waals surface area contributed by atoms with Gasteiger partial charge in [0.05, 0.1) is 17.1 Å². The highest BCUT2D eigenvalue weighted by Crippen LogP contribution is 2.27. The van der Waals surface area contributed by atoms with E-state index in [0.717, 1.165) is 22.8 Å². The smallest absolute Gasteiger partial charge is 0.324 e. The third kappa shape index (κ3) is 6.45. The lowest BCUT2D eigenvalue weighted by Crippen LogP contribution is -2.60. The molecule has 2 N–H and O–H groups in total. The Kier molecular flexibility index (Phi) is 8.72. The molecular formula is C23H29ClN2O6S. The number of benzene rings is 2. The van der Waals surface area contributed by atoms with Gasteiger partial charge in [-0.3, -0.25) is 4.79 Å². The van der Waals surface area contributed by atoms with Crippen LogP contribution in [-0.2, 0) is 26.2 Å². The average molecular weight is 497 g/mol. The Morgan fingerprint density at radius 2 is 2.00 bits per heavy atom. The summed E-state index contributed by atoms with van der Waals surface area (Å²) in [6.45, 7) is 5.04. The van der Waals surface area contributed by atoms with Crippen molar-refractivity contribution in [3.63, 3.8) is 0 Å². The summed E-state index contributed by atoms with van der Waals surface area (Å²) in [7, 11) is -4.07. The molecule has 0 aliphatic carbocycles. The minimum Gasteiger partial charge on any atom is -0.489 e. The molecule has 10 heteroatoms. The van der Waals surface area contributed by atoms with Gasteiger partial charge in [-0.05, 0) is 61.9 Å². The zero-order chi connectivity index (χ0) is 24.0. The van der Waals surface area contributed by atoms with Gasteiger partial charge in [0.1, 0.15) is 18.4 Å². The van der Waals surface area contributed by atoms with E-state index in [2.05, 4.69) is 5.32 Å². The number of hydrogen-bond donors (Lipinski definition) is 2. The fourth-order valence-electron chi connectivity index (χ4n) is 3.73. The molecule has 0 saturated carbocycles. The number of carboxylic acids is 1. The van der Waals surface area contributed by atoms with Gasteiger partial charge in [-0.1, -0.05) is 30.7 Å². The first kappa shape index (κ1) is 25.5. The van der Waals surface area contributed by atoms with Crippen molar-refractivity contribution < 1.29 is 27.8 Å². The van der Waals surface area contributed by atoms with Crippen LogP contribution in [0.25, 0.3) is 0 Å². The summed E-state index contributed by atoms with van der Waals surface area (Å²) in [6, 6.07) is 11.9. The van der Waals surface area contributed by atoms with E-state index in [4.69, 9.17) is 21.1 Å². The Bertz CT molecular complexity index is 1050. The highest BCUT2D eigenvalue weighted by atomic mass is 35.5. The number of morpholine rings is 1. The Labute approximate surface area is 199 Å². The Morgan fingerprint density at radius 3 is 2.64 bits per heavy atom. The van der Waals surface area contributed by atoms with Gasteiger partial charge in [0.2, 0.25) is 10.0 Å². The molecule has 0 unspecified atom stereocenters. The Morgan fingerprint density at radius 1 is 1.27 bits per heavy atom. The lowest BCUT2D eigenvalue weighted by molar-refractivity contribution is -0.156. The van der Waals surface area contributed by atoms with Gasteiger partial charge in [-0.25, -0.2) is 8.42 Å². The molecule has 0 bridgehead atoms. The molecule has 1 saturated heterocycles. The van der Waals surface area contributed by atoms with Gasteiger partial charge in [0.15, 0.2) is 0 Å². The molecule has 3 rings (SSSR count). The third-order valence-corrected chi connectivity index (χ3v) is 7.42. The topological polar surface area (TPSA) is 105 Å². The van der Waals surface area contributed by atoms with Crippen molar-refractivity contribution in [2.24, 2.45) is 0 Å². The lowest BCUT2D eigenvalue weighted by Gasteiger charge is -2.40. The highest BCUT2D eigenvalue weighted by Gasteiger charge is 2.45. The first-order valence-corrected chi connectivity index (χ1v) is 12.6. The zero-order valence-electron chi connectivity index (χ0n) is 18.6. The van der Waals surface area contributed by atoms with Crippen molar-refractivity contribution in [1.29, 1.82) is 0 Å².